The van der Waals surface area contributed by atoms with Crippen LogP contribution in [0, 0.1) is 5.92 Å². The Labute approximate surface area is 220 Å². The van der Waals surface area contributed by atoms with Gasteiger partial charge in [-0.3, -0.25) is 29.1 Å². The molecule has 0 saturated carbocycles. The second kappa shape index (κ2) is 9.51. The number of benzene rings is 2. The minimum atomic E-state index is -4.59. The lowest BCUT2D eigenvalue weighted by atomic mass is 9.83. The van der Waals surface area contributed by atoms with Crippen molar-refractivity contribution in [2.75, 3.05) is 12.4 Å². The van der Waals surface area contributed by atoms with E-state index in [1.807, 2.05) is 0 Å². The second-order valence-corrected chi connectivity index (χ2v) is 10.7. The number of halogens is 3. The zero-order chi connectivity index (χ0) is 27.4. The predicted molar refractivity (Wildman–Crippen MR) is 131 cm³/mol. The summed E-state index contributed by atoms with van der Waals surface area (Å²) in [5.74, 6) is -3.39. The summed E-state index contributed by atoms with van der Waals surface area (Å²) in [6.07, 6.45) is -4.59. The van der Waals surface area contributed by atoms with Gasteiger partial charge in [-0.2, -0.15) is 13.2 Å². The van der Waals surface area contributed by atoms with E-state index in [1.165, 1.54) is 25.3 Å². The van der Waals surface area contributed by atoms with Gasteiger partial charge in [0.2, 0.25) is 17.7 Å². The number of alkyl halides is 3. The number of hydrogen-bond acceptors (Lipinski definition) is 8. The molecule has 14 heteroatoms. The maximum Gasteiger partial charge on any atom is 0.416 e. The van der Waals surface area contributed by atoms with Crippen LogP contribution in [0.4, 0.5) is 18.9 Å². The number of aromatic nitrogens is 1. The monoisotopic (exact) mass is 565 g/mol. The lowest BCUT2D eigenvalue weighted by Crippen LogP contribution is -2.32. The van der Waals surface area contributed by atoms with Crippen molar-refractivity contribution in [1.29, 1.82) is 0 Å². The zero-order valence-electron chi connectivity index (χ0n) is 19.4. The largest absolute Gasteiger partial charge is 0.504 e. The first-order valence-electron chi connectivity index (χ1n) is 11.1. The number of nitrogens with one attached hydrogen (secondary N) is 2. The number of imide groups is 1. The molecule has 3 aromatic rings. The number of phenols is 1. The Morgan fingerprint density at radius 3 is 2.63 bits per heavy atom. The van der Waals surface area contributed by atoms with Gasteiger partial charge < -0.3 is 15.2 Å². The SMILES string of the molecule is COc1cc(C2c3sc(=O)n(CC(=O)Nc4cccc(C(F)(F)F)c4)c3SC3C(=O)NC(=O)C32)ccc1O. The lowest BCUT2D eigenvalue weighted by Gasteiger charge is -2.31. The quantitative estimate of drug-likeness (QED) is 0.406. The predicted octanol–water partition coefficient (Wildman–Crippen LogP) is 3.16. The Hall–Kier alpha value is -3.78. The van der Waals surface area contributed by atoms with Gasteiger partial charge in [0, 0.05) is 16.5 Å². The summed E-state index contributed by atoms with van der Waals surface area (Å²) < 4.78 is 45.4. The number of fused-ring (bicyclic) bond motifs is 2. The first-order chi connectivity index (χ1) is 18.0. The number of phenolic OH excluding ortho intramolecular Hbond substituents is 1. The molecule has 1 saturated heterocycles. The van der Waals surface area contributed by atoms with Gasteiger partial charge in [-0.05, 0) is 35.9 Å². The number of anilines is 1. The molecule has 0 aliphatic carbocycles. The number of rotatable bonds is 5. The van der Waals surface area contributed by atoms with Crippen LogP contribution in [0.2, 0.25) is 0 Å². The minimum absolute atomic E-state index is 0.0930. The molecule has 9 nitrogen and oxygen atoms in total. The highest BCUT2D eigenvalue weighted by atomic mass is 32.2. The molecule has 3 N–H and O–H groups in total. The number of amides is 3. The third kappa shape index (κ3) is 4.53. The third-order valence-electron chi connectivity index (χ3n) is 6.23. The van der Waals surface area contributed by atoms with Gasteiger partial charge in [-0.25, -0.2) is 0 Å². The average molecular weight is 566 g/mol. The number of thiazole rings is 1. The summed E-state index contributed by atoms with van der Waals surface area (Å²) in [5, 5.41) is 14.1. The average Bonchev–Trinajstić information content (AvgIpc) is 3.32. The summed E-state index contributed by atoms with van der Waals surface area (Å²) in [7, 11) is 1.35. The van der Waals surface area contributed by atoms with Gasteiger partial charge in [-0.1, -0.05) is 35.2 Å². The molecule has 3 unspecified atom stereocenters. The van der Waals surface area contributed by atoms with Crippen LogP contribution in [0.25, 0.3) is 0 Å². The van der Waals surface area contributed by atoms with Crippen molar-refractivity contribution in [2.24, 2.45) is 5.92 Å². The third-order valence-corrected chi connectivity index (χ3v) is 8.84. The van der Waals surface area contributed by atoms with E-state index >= 15 is 0 Å². The molecule has 2 aliphatic heterocycles. The molecule has 5 rings (SSSR count). The number of hydrogen-bond donors (Lipinski definition) is 3. The minimum Gasteiger partial charge on any atom is -0.504 e. The first kappa shape index (κ1) is 25.9. The number of thioether (sulfide) groups is 1. The highest BCUT2D eigenvalue weighted by Gasteiger charge is 2.53. The number of carbonyl (C=O) groups is 3. The molecule has 38 heavy (non-hydrogen) atoms. The second-order valence-electron chi connectivity index (χ2n) is 8.58. The van der Waals surface area contributed by atoms with Crippen molar-refractivity contribution in [3.8, 4) is 11.5 Å². The Morgan fingerprint density at radius 1 is 1.16 bits per heavy atom. The molecule has 3 heterocycles. The maximum absolute atomic E-state index is 13.0. The summed E-state index contributed by atoms with van der Waals surface area (Å²) in [5.41, 5.74) is -0.515. The fourth-order valence-corrected chi connectivity index (χ4v) is 7.28. The van der Waals surface area contributed by atoms with Crippen molar-refractivity contribution >= 4 is 46.5 Å². The van der Waals surface area contributed by atoms with Gasteiger partial charge in [0.1, 0.15) is 11.8 Å². The number of carbonyl (C=O) groups excluding carboxylic acids is 3. The Kier molecular flexibility index (Phi) is 6.47. The van der Waals surface area contributed by atoms with Crippen molar-refractivity contribution < 1.29 is 37.4 Å². The number of methoxy groups -OCH3 is 1. The topological polar surface area (TPSA) is 127 Å². The lowest BCUT2D eigenvalue weighted by molar-refractivity contribution is -0.137. The molecule has 2 aliphatic rings. The van der Waals surface area contributed by atoms with E-state index in [9.17, 15) is 37.5 Å². The van der Waals surface area contributed by atoms with Crippen LogP contribution in [-0.2, 0) is 27.1 Å². The van der Waals surface area contributed by atoms with Crippen molar-refractivity contribution in [2.45, 2.75) is 28.9 Å². The Morgan fingerprint density at radius 2 is 1.92 bits per heavy atom. The van der Waals surface area contributed by atoms with Crippen LogP contribution in [0.5, 0.6) is 11.5 Å². The summed E-state index contributed by atoms with van der Waals surface area (Å²) >= 11 is 1.79. The molecular formula is C24H18F3N3O6S2. The summed E-state index contributed by atoms with van der Waals surface area (Å²) in [6.45, 7) is -0.521. The maximum atomic E-state index is 13.0. The summed E-state index contributed by atoms with van der Waals surface area (Å²) in [4.78, 5) is 51.0. The van der Waals surface area contributed by atoms with Crippen molar-refractivity contribution in [3.05, 3.63) is 68.1 Å². The van der Waals surface area contributed by atoms with Crippen LogP contribution in [-0.4, -0.2) is 39.8 Å². The highest BCUT2D eigenvalue weighted by Crippen LogP contribution is 2.52. The molecule has 3 atom stereocenters. The van der Waals surface area contributed by atoms with E-state index in [2.05, 4.69) is 10.6 Å². The molecule has 0 bridgehead atoms. The molecule has 0 radical (unpaired) electrons. The Bertz CT molecular complexity index is 1530. The van der Waals surface area contributed by atoms with Gasteiger partial charge in [0.15, 0.2) is 11.5 Å². The van der Waals surface area contributed by atoms with E-state index in [1.54, 1.807) is 6.07 Å². The Balaban J connectivity index is 1.51. The number of aromatic hydroxyl groups is 1. The van der Waals surface area contributed by atoms with E-state index in [-0.39, 0.29) is 17.2 Å². The highest BCUT2D eigenvalue weighted by molar-refractivity contribution is 8.00. The standard InChI is InChI=1S/C24H18F3N3O6S2/c1-36-14-7-10(5-6-13(14)31)16-17-18(21(34)29-20(17)33)37-22-19(16)38-23(35)30(22)9-15(32)28-12-4-2-3-11(8-12)24(25,26)27/h2-8,16-18,31H,9H2,1H3,(H,28,32)(H,29,33,34). The van der Waals surface area contributed by atoms with E-state index in [0.29, 0.717) is 15.5 Å². The van der Waals surface area contributed by atoms with Crippen LogP contribution in [0.1, 0.15) is 21.9 Å². The summed E-state index contributed by atoms with van der Waals surface area (Å²) in [6, 6.07) is 8.55. The molecule has 1 aromatic heterocycles. The molecule has 1 fully saturated rings. The van der Waals surface area contributed by atoms with Crippen LogP contribution in [0.3, 0.4) is 0 Å². The molecule has 198 valence electrons. The van der Waals surface area contributed by atoms with Gasteiger partial charge in [0.25, 0.3) is 0 Å². The molecule has 3 amide bonds. The fourth-order valence-electron chi connectivity index (χ4n) is 4.54. The zero-order valence-corrected chi connectivity index (χ0v) is 21.0. The van der Waals surface area contributed by atoms with Crippen molar-refractivity contribution in [1.82, 2.24) is 9.88 Å². The van der Waals surface area contributed by atoms with Crippen LogP contribution < -0.4 is 20.2 Å². The van der Waals surface area contributed by atoms with Crippen molar-refractivity contribution in [3.63, 3.8) is 0 Å². The molecule has 0 spiro atoms. The van der Waals surface area contributed by atoms with Gasteiger partial charge in [-0.15, -0.1) is 0 Å². The number of ether oxygens (including phenoxy) is 1. The van der Waals surface area contributed by atoms with E-state index < -0.39 is 58.0 Å². The van der Waals surface area contributed by atoms with Gasteiger partial charge in [0.05, 0.1) is 23.6 Å². The smallest absolute Gasteiger partial charge is 0.416 e. The van der Waals surface area contributed by atoms with E-state index in [4.69, 9.17) is 4.74 Å². The van der Waals surface area contributed by atoms with Gasteiger partial charge >= 0.3 is 11.0 Å². The number of nitrogens with zero attached hydrogens (tertiary/aromatic N) is 1. The normalized spacial score (nSPS) is 20.5. The first-order valence-corrected chi connectivity index (χ1v) is 12.8. The van der Waals surface area contributed by atoms with Crippen LogP contribution in [0.15, 0.2) is 52.3 Å². The van der Waals surface area contributed by atoms with E-state index in [0.717, 1.165) is 45.9 Å². The molecular weight excluding hydrogens is 547 g/mol. The van der Waals surface area contributed by atoms with Crippen LogP contribution >= 0.6 is 23.1 Å². The molecule has 2 aromatic carbocycles. The fraction of sp³-hybridized carbons (Fsp3) is 0.250.